The van der Waals surface area contributed by atoms with Crippen LogP contribution in [0.1, 0.15) is 28.8 Å². The first-order valence-electron chi connectivity index (χ1n) is 9.45. The number of piperidine rings is 1. The van der Waals surface area contributed by atoms with Crippen molar-refractivity contribution in [3.8, 4) is 0 Å². The third-order valence-electron chi connectivity index (χ3n) is 4.47. The van der Waals surface area contributed by atoms with Gasteiger partial charge in [-0.2, -0.15) is 13.5 Å². The third kappa shape index (κ3) is 7.45. The molecule has 176 valence electrons. The van der Waals surface area contributed by atoms with E-state index in [0.717, 1.165) is 17.0 Å². The van der Waals surface area contributed by atoms with Gasteiger partial charge < -0.3 is 16.0 Å². The van der Waals surface area contributed by atoms with Crippen molar-refractivity contribution >= 4 is 34.7 Å². The lowest BCUT2D eigenvalue weighted by molar-refractivity contribution is -0.122. The van der Waals surface area contributed by atoms with Crippen LogP contribution >= 0.6 is 0 Å². The van der Waals surface area contributed by atoms with Crippen molar-refractivity contribution in [2.24, 2.45) is 5.73 Å². The topological polar surface area (TPSA) is 200 Å². The summed E-state index contributed by atoms with van der Waals surface area (Å²) < 4.78 is 33.5. The largest absolute Gasteiger partial charge is 0.418 e. The lowest BCUT2D eigenvalue weighted by Gasteiger charge is -2.20. The first kappa shape index (κ1) is 25.0. The van der Waals surface area contributed by atoms with Crippen LogP contribution in [-0.2, 0) is 30.8 Å². The zero-order chi connectivity index (χ0) is 23.7. The Balaban J connectivity index is 0.000000233. The summed E-state index contributed by atoms with van der Waals surface area (Å²) in [7, 11) is -4.60. The zero-order valence-electron chi connectivity index (χ0n) is 16.9. The van der Waals surface area contributed by atoms with E-state index in [1.807, 2.05) is 0 Å². The summed E-state index contributed by atoms with van der Waals surface area (Å²) >= 11 is 0. The van der Waals surface area contributed by atoms with Crippen LogP contribution in [0.2, 0.25) is 0 Å². The highest BCUT2D eigenvalue weighted by Gasteiger charge is 2.42. The number of benzene rings is 1. The molecule has 32 heavy (non-hydrogen) atoms. The molecule has 0 aliphatic carbocycles. The Labute approximate surface area is 183 Å². The molecule has 2 aliphatic rings. The molecule has 2 fully saturated rings. The minimum Gasteiger partial charge on any atom is -0.350 e. The Morgan fingerprint density at radius 1 is 1.25 bits per heavy atom. The van der Waals surface area contributed by atoms with Gasteiger partial charge in [-0.25, -0.2) is 4.79 Å². The number of hydrogen-bond donors (Lipinski definition) is 5. The molecule has 2 bridgehead atoms. The summed E-state index contributed by atoms with van der Waals surface area (Å²) in [5, 5.41) is 2.91. The van der Waals surface area contributed by atoms with Gasteiger partial charge >= 0.3 is 16.4 Å². The molecule has 6 N–H and O–H groups in total. The van der Waals surface area contributed by atoms with Crippen molar-refractivity contribution < 1.29 is 36.4 Å². The van der Waals surface area contributed by atoms with Gasteiger partial charge in [-0.3, -0.25) is 29.8 Å². The maximum atomic E-state index is 11.6. The Morgan fingerprint density at radius 2 is 1.94 bits per heavy atom. The normalized spacial score (nSPS) is 17.2. The van der Waals surface area contributed by atoms with E-state index in [-0.39, 0.29) is 12.6 Å². The minimum atomic E-state index is -4.60. The smallest absolute Gasteiger partial charge is 0.350 e. The molecule has 2 heterocycles. The van der Waals surface area contributed by atoms with Gasteiger partial charge in [0.05, 0.1) is 12.6 Å². The van der Waals surface area contributed by atoms with Crippen LogP contribution in [0.15, 0.2) is 24.3 Å². The summed E-state index contributed by atoms with van der Waals surface area (Å²) in [5.41, 5.74) is 11.1. The maximum absolute atomic E-state index is 11.6. The van der Waals surface area contributed by atoms with Crippen molar-refractivity contribution in [2.75, 3.05) is 19.6 Å². The van der Waals surface area contributed by atoms with Gasteiger partial charge in [-0.15, -0.1) is 4.28 Å². The highest BCUT2D eigenvalue weighted by Crippen LogP contribution is 2.26. The van der Waals surface area contributed by atoms with Gasteiger partial charge in [-0.1, -0.05) is 12.1 Å². The van der Waals surface area contributed by atoms with E-state index in [4.69, 9.17) is 10.3 Å². The number of hydroxylamine groups is 2. The molecule has 1 aromatic carbocycles. The van der Waals surface area contributed by atoms with Crippen LogP contribution in [-0.4, -0.2) is 72.9 Å². The molecule has 1 aromatic rings. The van der Waals surface area contributed by atoms with Gasteiger partial charge in [-0.05, 0) is 30.5 Å². The average molecular weight is 472 g/mol. The third-order valence-corrected chi connectivity index (χ3v) is 4.82. The molecule has 0 saturated carbocycles. The molecule has 0 radical (unpaired) electrons. The standard InChI is InChI=1S/C11H14N4O3.C6H10N2O5S/c12-5-8-1-3-9(4-2-8)11(18)15-14-10(17)6-13-7-16;9-6-7-3-1-2-5(4-7)8(6)13-14(10,11)12/h1-4,7H,5-6,12H2,(H,13,16)(H,14,17)(H,15,18);5H,1-4H2,(H,10,11,12). The predicted molar refractivity (Wildman–Crippen MR) is 108 cm³/mol. The van der Waals surface area contributed by atoms with Crippen LogP contribution < -0.4 is 21.9 Å². The fraction of sp³-hybridized carbons (Fsp3) is 0.412. The number of nitrogens with one attached hydrogen (secondary N) is 3. The van der Waals surface area contributed by atoms with Crippen LogP contribution in [0.3, 0.4) is 0 Å². The monoisotopic (exact) mass is 472 g/mol. The molecule has 3 rings (SSSR count). The highest BCUT2D eigenvalue weighted by molar-refractivity contribution is 7.80. The number of hydrazine groups is 1. The Bertz CT molecular complexity index is 939. The number of urea groups is 1. The molecule has 1 atom stereocenters. The Morgan fingerprint density at radius 3 is 2.50 bits per heavy atom. The first-order valence-corrected chi connectivity index (χ1v) is 10.8. The first-order chi connectivity index (χ1) is 15.1. The van der Waals surface area contributed by atoms with Crippen LogP contribution in [0.5, 0.6) is 0 Å². The average Bonchev–Trinajstić information content (AvgIpc) is 2.98. The molecule has 14 nitrogen and oxygen atoms in total. The summed E-state index contributed by atoms with van der Waals surface area (Å²) in [6, 6.07) is 5.90. The number of carbonyl (C=O) groups is 4. The van der Waals surface area contributed by atoms with Crippen molar-refractivity contribution in [3.05, 3.63) is 35.4 Å². The molecule has 2 saturated heterocycles. The molecule has 0 aromatic heterocycles. The van der Waals surface area contributed by atoms with Crippen molar-refractivity contribution in [1.29, 1.82) is 0 Å². The molecular weight excluding hydrogens is 448 g/mol. The molecule has 15 heteroatoms. The second-order valence-corrected chi connectivity index (χ2v) is 7.76. The zero-order valence-corrected chi connectivity index (χ0v) is 17.7. The van der Waals surface area contributed by atoms with E-state index in [0.29, 0.717) is 38.0 Å². The molecule has 5 amide bonds. The number of rotatable bonds is 7. The lowest BCUT2D eigenvalue weighted by Crippen LogP contribution is -2.45. The van der Waals surface area contributed by atoms with E-state index in [1.165, 1.54) is 4.90 Å². The minimum absolute atomic E-state index is 0.199. The van der Waals surface area contributed by atoms with Crippen LogP contribution in [0, 0.1) is 0 Å². The highest BCUT2D eigenvalue weighted by atomic mass is 32.3. The summed E-state index contributed by atoms with van der Waals surface area (Å²) in [6.07, 6.45) is 1.91. The van der Waals surface area contributed by atoms with E-state index in [2.05, 4.69) is 20.5 Å². The molecule has 0 spiro atoms. The van der Waals surface area contributed by atoms with Crippen LogP contribution in [0.4, 0.5) is 4.79 Å². The fourth-order valence-corrected chi connectivity index (χ4v) is 3.37. The SMILES string of the molecule is NCc1ccc(C(=O)NNC(=O)CNC=O)cc1.O=C1N2CCCC(C2)N1OS(=O)(=O)O. The summed E-state index contributed by atoms with van der Waals surface area (Å²) in [5.74, 6) is -0.966. The number of carbonyl (C=O) groups excluding carboxylic acids is 4. The van der Waals surface area contributed by atoms with Gasteiger partial charge in [0, 0.05) is 25.2 Å². The van der Waals surface area contributed by atoms with Gasteiger partial charge in [0.1, 0.15) is 0 Å². The molecular formula is C17H24N6O8S. The molecule has 2 aliphatic heterocycles. The predicted octanol–water partition coefficient (Wildman–Crippen LogP) is -1.73. The van der Waals surface area contributed by atoms with Gasteiger partial charge in [0.25, 0.3) is 11.8 Å². The number of amides is 5. The maximum Gasteiger partial charge on any atom is 0.418 e. The fourth-order valence-electron chi connectivity index (χ4n) is 2.98. The van der Waals surface area contributed by atoms with Gasteiger partial charge in [0.2, 0.25) is 6.41 Å². The van der Waals surface area contributed by atoms with Crippen LogP contribution in [0.25, 0.3) is 0 Å². The second kappa shape index (κ2) is 11.4. The number of hydrogen-bond acceptors (Lipinski definition) is 8. The lowest BCUT2D eigenvalue weighted by atomic mass is 10.1. The van der Waals surface area contributed by atoms with E-state index >= 15 is 0 Å². The summed E-state index contributed by atoms with van der Waals surface area (Å²) in [4.78, 5) is 45.5. The van der Waals surface area contributed by atoms with Gasteiger partial charge in [0.15, 0.2) is 0 Å². The Kier molecular flexibility index (Phi) is 8.89. The Hall–Kier alpha value is -3.27. The number of nitrogens with two attached hydrogens (primary N) is 1. The van der Waals surface area contributed by atoms with E-state index in [9.17, 15) is 27.6 Å². The number of fused-ring (bicyclic) bond motifs is 2. The number of nitrogens with zero attached hydrogens (tertiary/aromatic N) is 2. The van der Waals surface area contributed by atoms with E-state index < -0.39 is 28.2 Å². The molecule has 1 unspecified atom stereocenters. The summed E-state index contributed by atoms with van der Waals surface area (Å²) in [6.45, 7) is 1.28. The van der Waals surface area contributed by atoms with Crippen molar-refractivity contribution in [3.63, 3.8) is 0 Å². The quantitative estimate of drug-likeness (QED) is 0.174. The van der Waals surface area contributed by atoms with Crippen molar-refractivity contribution in [1.82, 2.24) is 26.1 Å². The second-order valence-electron chi connectivity index (χ2n) is 6.75. The van der Waals surface area contributed by atoms with E-state index in [1.54, 1.807) is 24.3 Å². The van der Waals surface area contributed by atoms with Crippen molar-refractivity contribution in [2.45, 2.75) is 25.4 Å².